The normalized spacial score (nSPS) is 10.6. The van der Waals surface area contributed by atoms with Crippen molar-refractivity contribution in [3.05, 3.63) is 83.2 Å². The van der Waals surface area contributed by atoms with Crippen molar-refractivity contribution in [2.24, 2.45) is 0 Å². The van der Waals surface area contributed by atoms with Crippen LogP contribution in [0.5, 0.6) is 11.5 Å². The summed E-state index contributed by atoms with van der Waals surface area (Å²) in [5.74, 6) is 1.04. The number of ether oxygens (including phenoxy) is 2. The van der Waals surface area contributed by atoms with Gasteiger partial charge in [0.2, 0.25) is 0 Å². The molecule has 0 fully saturated rings. The second-order valence-electron chi connectivity index (χ2n) is 7.18. The highest BCUT2D eigenvalue weighted by atomic mass is 16.5. The van der Waals surface area contributed by atoms with Crippen LogP contribution in [0.2, 0.25) is 0 Å². The molecular weight excluding hydrogens is 404 g/mol. The Hall–Kier alpha value is -4.31. The quantitative estimate of drug-likeness (QED) is 0.408. The van der Waals surface area contributed by atoms with Gasteiger partial charge in [0.25, 0.3) is 0 Å². The summed E-state index contributed by atoms with van der Waals surface area (Å²) >= 11 is 0. The number of para-hydroxylation sites is 1. The summed E-state index contributed by atoms with van der Waals surface area (Å²) in [6.45, 7) is 5.69. The van der Waals surface area contributed by atoms with Gasteiger partial charge in [0.05, 0.1) is 40.8 Å². The van der Waals surface area contributed by atoms with Gasteiger partial charge in [0.15, 0.2) is 0 Å². The maximum Gasteiger partial charge on any atom is 0.340 e. The topological polar surface area (TPSA) is 88.6 Å². The maximum atomic E-state index is 12.5. The fraction of sp³-hybridized carbons (Fsp3) is 0.160. The average Bonchev–Trinajstić information content (AvgIpc) is 3.06. The highest BCUT2D eigenvalue weighted by Gasteiger charge is 2.24. The van der Waals surface area contributed by atoms with Crippen LogP contribution in [0.1, 0.15) is 34.1 Å². The maximum absolute atomic E-state index is 12.5. The third-order valence-electron chi connectivity index (χ3n) is 5.13. The van der Waals surface area contributed by atoms with Gasteiger partial charge in [0.1, 0.15) is 17.6 Å². The average molecular weight is 426 g/mol. The van der Waals surface area contributed by atoms with E-state index in [2.05, 4.69) is 16.5 Å². The number of rotatable bonds is 6. The van der Waals surface area contributed by atoms with Gasteiger partial charge < -0.3 is 14.8 Å². The number of hydrogen-bond donors (Lipinski definition) is 1. The highest BCUT2D eigenvalue weighted by Crippen LogP contribution is 2.33. The predicted molar refractivity (Wildman–Crippen MR) is 122 cm³/mol. The number of fused-ring (bicyclic) bond motifs is 1. The van der Waals surface area contributed by atoms with E-state index in [0.29, 0.717) is 39.3 Å². The minimum atomic E-state index is -0.403. The van der Waals surface area contributed by atoms with Crippen molar-refractivity contribution < 1.29 is 14.3 Å². The zero-order chi connectivity index (χ0) is 22.7. The van der Waals surface area contributed by atoms with E-state index in [0.717, 1.165) is 11.4 Å². The lowest BCUT2D eigenvalue weighted by Crippen LogP contribution is -2.07. The second-order valence-corrected chi connectivity index (χ2v) is 7.18. The molecule has 0 aliphatic heterocycles. The number of aromatic nitrogens is 2. The number of hydrogen-bond acceptors (Lipinski definition) is 6. The summed E-state index contributed by atoms with van der Waals surface area (Å²) < 4.78 is 12.7. The lowest BCUT2D eigenvalue weighted by molar-refractivity contribution is 0.0525. The van der Waals surface area contributed by atoms with Crippen LogP contribution in [0.15, 0.2) is 60.8 Å². The lowest BCUT2D eigenvalue weighted by Gasteiger charge is -2.12. The van der Waals surface area contributed by atoms with Crippen LogP contribution >= 0.6 is 0 Å². The van der Waals surface area contributed by atoms with Crippen molar-refractivity contribution in [3.8, 4) is 17.6 Å². The van der Waals surface area contributed by atoms with Crippen molar-refractivity contribution in [1.29, 1.82) is 5.26 Å². The minimum absolute atomic E-state index is 0.281. The van der Waals surface area contributed by atoms with Crippen molar-refractivity contribution in [2.75, 3.05) is 11.9 Å². The molecule has 0 saturated carbocycles. The van der Waals surface area contributed by atoms with Gasteiger partial charge in [-0.15, -0.1) is 0 Å². The number of carbonyl (C=O) groups excluding carboxylic acids is 1. The molecule has 0 atom stereocenters. The van der Waals surface area contributed by atoms with E-state index in [9.17, 15) is 10.1 Å². The predicted octanol–water partition coefficient (Wildman–Crippen LogP) is 5.54. The van der Waals surface area contributed by atoms with E-state index in [4.69, 9.17) is 9.47 Å². The van der Waals surface area contributed by atoms with Crippen LogP contribution in [0.25, 0.3) is 5.52 Å². The van der Waals surface area contributed by atoms with Crippen LogP contribution in [-0.4, -0.2) is 22.2 Å². The molecular formula is C25H22N4O3. The lowest BCUT2D eigenvalue weighted by atomic mass is 10.1. The Morgan fingerprint density at radius 1 is 1.09 bits per heavy atom. The third kappa shape index (κ3) is 3.86. The number of esters is 1. The van der Waals surface area contributed by atoms with E-state index in [1.54, 1.807) is 11.4 Å². The molecule has 2 aromatic heterocycles. The summed E-state index contributed by atoms with van der Waals surface area (Å²) in [6, 6.07) is 19.1. The largest absolute Gasteiger partial charge is 0.462 e. The van der Waals surface area contributed by atoms with E-state index < -0.39 is 5.97 Å². The number of nitrogens with zero attached hydrogens (tertiary/aromatic N) is 3. The highest BCUT2D eigenvalue weighted by molar-refractivity contribution is 5.98. The Kier molecular flexibility index (Phi) is 5.77. The van der Waals surface area contributed by atoms with E-state index in [1.165, 1.54) is 6.20 Å². The fourth-order valence-electron chi connectivity index (χ4n) is 3.66. The first-order chi connectivity index (χ1) is 15.5. The van der Waals surface area contributed by atoms with Crippen LogP contribution in [0, 0.1) is 25.2 Å². The summed E-state index contributed by atoms with van der Waals surface area (Å²) in [5.41, 5.74) is 4.21. The summed E-state index contributed by atoms with van der Waals surface area (Å²) in [4.78, 5) is 12.5. The molecule has 0 aliphatic carbocycles. The third-order valence-corrected chi connectivity index (χ3v) is 5.13. The molecule has 32 heavy (non-hydrogen) atoms. The van der Waals surface area contributed by atoms with Gasteiger partial charge in [-0.2, -0.15) is 10.4 Å². The molecule has 7 heteroatoms. The molecule has 0 aliphatic rings. The molecule has 4 aromatic rings. The van der Waals surface area contributed by atoms with Crippen LogP contribution < -0.4 is 10.1 Å². The zero-order valence-corrected chi connectivity index (χ0v) is 18.0. The zero-order valence-electron chi connectivity index (χ0n) is 18.0. The molecule has 7 nitrogen and oxygen atoms in total. The Balaban J connectivity index is 1.71. The molecule has 0 bridgehead atoms. The van der Waals surface area contributed by atoms with Crippen LogP contribution in [-0.2, 0) is 4.74 Å². The molecule has 2 heterocycles. The number of nitrogens with one attached hydrogen (secondary N) is 1. The molecule has 0 saturated heterocycles. The molecule has 0 unspecified atom stereocenters. The van der Waals surface area contributed by atoms with Crippen molar-refractivity contribution in [2.45, 2.75) is 20.8 Å². The summed E-state index contributed by atoms with van der Waals surface area (Å²) in [5, 5.41) is 17.4. The fourth-order valence-corrected chi connectivity index (χ4v) is 3.66. The number of anilines is 2. The van der Waals surface area contributed by atoms with Crippen molar-refractivity contribution in [1.82, 2.24) is 9.61 Å². The standard InChI is InChI=1S/C25H22N4O3/c1-4-31-25(30)22-16(2)24-23(18(14-26)15-27-29(24)17(22)3)28-19-10-12-21(13-11-19)32-20-8-6-5-7-9-20/h5-13,15,28H,4H2,1-3H3. The first-order valence-electron chi connectivity index (χ1n) is 10.2. The first-order valence-corrected chi connectivity index (χ1v) is 10.2. The summed E-state index contributed by atoms with van der Waals surface area (Å²) in [7, 11) is 0. The molecule has 0 spiro atoms. The smallest absolute Gasteiger partial charge is 0.340 e. The van der Waals surface area contributed by atoms with Gasteiger partial charge >= 0.3 is 5.97 Å². The van der Waals surface area contributed by atoms with Gasteiger partial charge in [0, 0.05) is 5.69 Å². The summed E-state index contributed by atoms with van der Waals surface area (Å²) in [6.07, 6.45) is 1.49. The van der Waals surface area contributed by atoms with Crippen LogP contribution in [0.3, 0.4) is 0 Å². The Bertz CT molecular complexity index is 1320. The monoisotopic (exact) mass is 426 g/mol. The van der Waals surface area contributed by atoms with E-state index in [-0.39, 0.29) is 6.61 Å². The Morgan fingerprint density at radius 3 is 2.44 bits per heavy atom. The van der Waals surface area contributed by atoms with Gasteiger partial charge in [-0.1, -0.05) is 18.2 Å². The minimum Gasteiger partial charge on any atom is -0.462 e. The number of carbonyl (C=O) groups is 1. The molecule has 1 N–H and O–H groups in total. The van der Waals surface area contributed by atoms with Gasteiger partial charge in [-0.05, 0) is 62.7 Å². The Labute approximate surface area is 185 Å². The molecule has 0 radical (unpaired) electrons. The van der Waals surface area contributed by atoms with Crippen molar-refractivity contribution >= 4 is 22.9 Å². The number of nitriles is 1. The van der Waals surface area contributed by atoms with Gasteiger partial charge in [-0.3, -0.25) is 0 Å². The van der Waals surface area contributed by atoms with E-state index in [1.807, 2.05) is 68.4 Å². The number of aryl methyl sites for hydroxylation is 2. The second kappa shape index (κ2) is 8.82. The number of benzene rings is 2. The van der Waals surface area contributed by atoms with Gasteiger partial charge in [-0.25, -0.2) is 9.31 Å². The SMILES string of the molecule is CCOC(=O)c1c(C)c2c(Nc3ccc(Oc4ccccc4)cc3)c(C#N)cnn2c1C. The van der Waals surface area contributed by atoms with E-state index >= 15 is 0 Å². The molecule has 0 amide bonds. The molecule has 2 aromatic carbocycles. The molecule has 160 valence electrons. The first kappa shape index (κ1) is 20.9. The van der Waals surface area contributed by atoms with Crippen LogP contribution in [0.4, 0.5) is 11.4 Å². The molecule has 4 rings (SSSR count). The Morgan fingerprint density at radius 2 is 1.78 bits per heavy atom. The van der Waals surface area contributed by atoms with Crippen molar-refractivity contribution in [3.63, 3.8) is 0 Å².